The Balaban J connectivity index is 1.57. The van der Waals surface area contributed by atoms with Gasteiger partial charge in [0.1, 0.15) is 5.82 Å². The van der Waals surface area contributed by atoms with Crippen LogP contribution in [0.2, 0.25) is 0 Å². The normalized spacial score (nSPS) is 15.1. The predicted molar refractivity (Wildman–Crippen MR) is 114 cm³/mol. The van der Waals surface area contributed by atoms with E-state index in [1.807, 2.05) is 43.3 Å². The van der Waals surface area contributed by atoms with E-state index in [2.05, 4.69) is 27.8 Å². The van der Waals surface area contributed by atoms with Gasteiger partial charge in [0.25, 0.3) is 5.91 Å². The first-order valence-electron chi connectivity index (χ1n) is 10.2. The van der Waals surface area contributed by atoms with E-state index in [1.54, 1.807) is 0 Å². The first-order chi connectivity index (χ1) is 13.6. The Morgan fingerprint density at radius 1 is 1.11 bits per heavy atom. The van der Waals surface area contributed by atoms with Crippen LogP contribution in [0.25, 0.3) is 11.0 Å². The summed E-state index contributed by atoms with van der Waals surface area (Å²) in [6.45, 7) is 8.26. The van der Waals surface area contributed by atoms with E-state index in [0.29, 0.717) is 5.56 Å². The summed E-state index contributed by atoms with van der Waals surface area (Å²) in [7, 11) is 0. The zero-order valence-corrected chi connectivity index (χ0v) is 16.7. The van der Waals surface area contributed by atoms with Gasteiger partial charge >= 0.3 is 0 Å². The maximum absolute atomic E-state index is 12.5. The average Bonchev–Trinajstić information content (AvgIpc) is 3.04. The molecule has 4 rings (SSSR count). The summed E-state index contributed by atoms with van der Waals surface area (Å²) in [6, 6.07) is 13.6. The molecule has 1 aliphatic heterocycles. The van der Waals surface area contributed by atoms with Gasteiger partial charge in [-0.3, -0.25) is 9.69 Å². The monoisotopic (exact) mass is 376 g/mol. The molecule has 5 nitrogen and oxygen atoms in total. The Hall–Kier alpha value is -2.66. The van der Waals surface area contributed by atoms with Crippen LogP contribution < -0.4 is 5.32 Å². The van der Waals surface area contributed by atoms with E-state index in [-0.39, 0.29) is 5.91 Å². The summed E-state index contributed by atoms with van der Waals surface area (Å²) < 4.78 is 2.29. The zero-order chi connectivity index (χ0) is 19.5. The van der Waals surface area contributed by atoms with Crippen molar-refractivity contribution in [3.63, 3.8) is 0 Å². The Morgan fingerprint density at radius 3 is 2.68 bits per heavy atom. The van der Waals surface area contributed by atoms with Crippen molar-refractivity contribution in [1.82, 2.24) is 14.5 Å². The lowest BCUT2D eigenvalue weighted by molar-refractivity contribution is 0.102. The molecule has 1 saturated heterocycles. The number of fused-ring (bicyclic) bond motifs is 1. The Morgan fingerprint density at radius 2 is 1.93 bits per heavy atom. The van der Waals surface area contributed by atoms with Crippen LogP contribution in [-0.2, 0) is 13.1 Å². The number of piperidine rings is 1. The standard InChI is InChI=1S/C23H28N4O/c1-3-27-21-11-10-19(24-23(28)18-9-7-8-17(2)14-18)15-20(21)25-22(27)16-26-12-5-4-6-13-26/h7-11,14-15H,3-6,12-13,16H2,1-2H3,(H,24,28). The van der Waals surface area contributed by atoms with E-state index in [0.717, 1.165) is 54.3 Å². The average molecular weight is 377 g/mol. The number of benzene rings is 2. The Kier molecular flexibility index (Phi) is 5.44. The van der Waals surface area contributed by atoms with Gasteiger partial charge in [0.15, 0.2) is 0 Å². The number of rotatable bonds is 5. The molecule has 1 amide bonds. The van der Waals surface area contributed by atoms with E-state index in [4.69, 9.17) is 4.98 Å². The molecule has 146 valence electrons. The molecule has 3 aromatic rings. The summed E-state index contributed by atoms with van der Waals surface area (Å²) in [6.07, 6.45) is 3.90. The van der Waals surface area contributed by atoms with Gasteiger partial charge in [-0.2, -0.15) is 0 Å². The highest BCUT2D eigenvalue weighted by Crippen LogP contribution is 2.23. The highest BCUT2D eigenvalue weighted by Gasteiger charge is 2.16. The van der Waals surface area contributed by atoms with Gasteiger partial charge in [0.2, 0.25) is 0 Å². The van der Waals surface area contributed by atoms with Crippen LogP contribution in [-0.4, -0.2) is 33.4 Å². The van der Waals surface area contributed by atoms with E-state index >= 15 is 0 Å². The van der Waals surface area contributed by atoms with Crippen molar-refractivity contribution >= 4 is 22.6 Å². The number of imidazole rings is 1. The molecule has 0 bridgehead atoms. The molecule has 5 heteroatoms. The van der Waals surface area contributed by atoms with Crippen molar-refractivity contribution in [2.24, 2.45) is 0 Å². The predicted octanol–water partition coefficient (Wildman–Crippen LogP) is 4.60. The van der Waals surface area contributed by atoms with Crippen molar-refractivity contribution in [3.8, 4) is 0 Å². The van der Waals surface area contributed by atoms with E-state index in [9.17, 15) is 4.79 Å². The number of amides is 1. The fraction of sp³-hybridized carbons (Fsp3) is 0.391. The molecule has 0 saturated carbocycles. The molecule has 1 aromatic heterocycles. The SMILES string of the molecule is CCn1c(CN2CCCCC2)nc2cc(NC(=O)c3cccc(C)c3)ccc21. The van der Waals surface area contributed by atoms with E-state index in [1.165, 1.54) is 19.3 Å². The molecule has 0 unspecified atom stereocenters. The van der Waals surface area contributed by atoms with Gasteiger partial charge in [0, 0.05) is 17.8 Å². The highest BCUT2D eigenvalue weighted by atomic mass is 16.1. The molecule has 28 heavy (non-hydrogen) atoms. The lowest BCUT2D eigenvalue weighted by atomic mass is 10.1. The smallest absolute Gasteiger partial charge is 0.255 e. The number of aromatic nitrogens is 2. The number of hydrogen-bond acceptors (Lipinski definition) is 3. The fourth-order valence-electron chi connectivity index (χ4n) is 4.04. The van der Waals surface area contributed by atoms with Gasteiger partial charge in [-0.15, -0.1) is 0 Å². The van der Waals surface area contributed by atoms with Gasteiger partial charge in [-0.05, 0) is 70.1 Å². The largest absolute Gasteiger partial charge is 0.327 e. The number of carbonyl (C=O) groups is 1. The molecule has 0 aliphatic carbocycles. The second-order valence-electron chi connectivity index (χ2n) is 7.64. The molecule has 0 atom stereocenters. The van der Waals surface area contributed by atoms with Crippen molar-refractivity contribution in [2.45, 2.75) is 46.2 Å². The molecular formula is C23H28N4O. The minimum atomic E-state index is -0.0912. The summed E-state index contributed by atoms with van der Waals surface area (Å²) in [4.78, 5) is 19.9. The third kappa shape index (κ3) is 3.94. The topological polar surface area (TPSA) is 50.2 Å². The number of anilines is 1. The van der Waals surface area contributed by atoms with Crippen LogP contribution in [0.1, 0.15) is 47.9 Å². The quantitative estimate of drug-likeness (QED) is 0.708. The highest BCUT2D eigenvalue weighted by molar-refractivity contribution is 6.05. The van der Waals surface area contributed by atoms with Gasteiger partial charge in [-0.25, -0.2) is 4.98 Å². The van der Waals surface area contributed by atoms with Crippen molar-refractivity contribution in [3.05, 3.63) is 59.4 Å². The molecule has 1 fully saturated rings. The number of nitrogens with zero attached hydrogens (tertiary/aromatic N) is 3. The van der Waals surface area contributed by atoms with Crippen molar-refractivity contribution in [2.75, 3.05) is 18.4 Å². The molecule has 2 aromatic carbocycles. The number of likely N-dealkylation sites (tertiary alicyclic amines) is 1. The summed E-state index contributed by atoms with van der Waals surface area (Å²) >= 11 is 0. The fourth-order valence-corrected chi connectivity index (χ4v) is 4.04. The minimum absolute atomic E-state index is 0.0912. The molecule has 1 aliphatic rings. The van der Waals surface area contributed by atoms with Gasteiger partial charge in [0.05, 0.1) is 17.6 Å². The zero-order valence-electron chi connectivity index (χ0n) is 16.7. The van der Waals surface area contributed by atoms with Crippen LogP contribution in [0.4, 0.5) is 5.69 Å². The molecule has 0 spiro atoms. The first-order valence-corrected chi connectivity index (χ1v) is 10.2. The lowest BCUT2D eigenvalue weighted by Crippen LogP contribution is -2.30. The maximum atomic E-state index is 12.5. The third-order valence-electron chi connectivity index (χ3n) is 5.50. The molecule has 2 heterocycles. The van der Waals surface area contributed by atoms with Crippen LogP contribution in [0.5, 0.6) is 0 Å². The number of nitrogens with one attached hydrogen (secondary N) is 1. The van der Waals surface area contributed by atoms with Gasteiger partial charge < -0.3 is 9.88 Å². The van der Waals surface area contributed by atoms with Crippen molar-refractivity contribution in [1.29, 1.82) is 0 Å². The summed E-state index contributed by atoms with van der Waals surface area (Å²) in [5.74, 6) is 1.02. The maximum Gasteiger partial charge on any atom is 0.255 e. The van der Waals surface area contributed by atoms with E-state index < -0.39 is 0 Å². The molecular weight excluding hydrogens is 348 g/mol. The Labute approximate surface area is 166 Å². The third-order valence-corrected chi connectivity index (χ3v) is 5.50. The molecule has 1 N–H and O–H groups in total. The lowest BCUT2D eigenvalue weighted by Gasteiger charge is -2.26. The molecule has 0 radical (unpaired) electrons. The van der Waals surface area contributed by atoms with Crippen LogP contribution in [0.15, 0.2) is 42.5 Å². The minimum Gasteiger partial charge on any atom is -0.327 e. The van der Waals surface area contributed by atoms with Crippen LogP contribution in [0.3, 0.4) is 0 Å². The summed E-state index contributed by atoms with van der Waals surface area (Å²) in [5.41, 5.74) is 4.60. The Bertz CT molecular complexity index is 985. The van der Waals surface area contributed by atoms with Gasteiger partial charge in [-0.1, -0.05) is 24.1 Å². The number of carbonyl (C=O) groups excluding carboxylic acids is 1. The number of aryl methyl sites for hydroxylation is 2. The first kappa shape index (κ1) is 18.7. The second-order valence-corrected chi connectivity index (χ2v) is 7.64. The van der Waals surface area contributed by atoms with Crippen molar-refractivity contribution < 1.29 is 4.79 Å². The number of hydrogen-bond donors (Lipinski definition) is 1. The summed E-state index contributed by atoms with van der Waals surface area (Å²) in [5, 5.41) is 3.01. The van der Waals surface area contributed by atoms with Crippen LogP contribution >= 0.6 is 0 Å². The second kappa shape index (κ2) is 8.15. The van der Waals surface area contributed by atoms with Crippen LogP contribution in [0, 0.1) is 6.92 Å².